The van der Waals surface area contributed by atoms with Gasteiger partial charge < -0.3 is 14.7 Å². The van der Waals surface area contributed by atoms with Crippen molar-refractivity contribution in [2.75, 3.05) is 13.1 Å². The van der Waals surface area contributed by atoms with Gasteiger partial charge in [-0.15, -0.1) is 0 Å². The van der Waals surface area contributed by atoms with Crippen molar-refractivity contribution in [3.05, 3.63) is 58.6 Å². The van der Waals surface area contributed by atoms with Gasteiger partial charge in [0.2, 0.25) is 11.6 Å². The number of hydrogen-bond donors (Lipinski definition) is 1. The molecule has 0 saturated carbocycles. The number of aromatic hydroxyl groups is 1. The van der Waals surface area contributed by atoms with E-state index in [1.165, 1.54) is 0 Å². The molecule has 3 aliphatic heterocycles. The van der Waals surface area contributed by atoms with E-state index in [0.29, 0.717) is 31.0 Å². The lowest BCUT2D eigenvalue weighted by Gasteiger charge is -2.51. The van der Waals surface area contributed by atoms with Crippen LogP contribution in [0, 0.1) is 0 Å². The molecule has 3 aliphatic rings. The number of phenolic OH excluding ortho intramolecular Hbond substituents is 1. The molecule has 7 heteroatoms. The first-order valence-corrected chi connectivity index (χ1v) is 10.2. The highest BCUT2D eigenvalue weighted by Gasteiger charge is 2.52. The smallest absolute Gasteiger partial charge is 0.219 e. The first-order valence-electron chi connectivity index (χ1n) is 9.85. The van der Waals surface area contributed by atoms with Gasteiger partial charge in [-0.05, 0) is 48.0 Å². The predicted molar refractivity (Wildman–Crippen MR) is 110 cm³/mol. The monoisotopic (exact) mass is 411 g/mol. The zero-order valence-corrected chi connectivity index (χ0v) is 16.9. The fourth-order valence-electron chi connectivity index (χ4n) is 4.58. The molecule has 0 radical (unpaired) electrons. The number of benzene rings is 2. The Hall–Kier alpha value is -2.73. The van der Waals surface area contributed by atoms with E-state index in [4.69, 9.17) is 21.4 Å². The van der Waals surface area contributed by atoms with Crippen LogP contribution in [0.4, 0.5) is 0 Å². The van der Waals surface area contributed by atoms with Gasteiger partial charge in [-0.2, -0.15) is 5.10 Å². The van der Waals surface area contributed by atoms with Crippen molar-refractivity contribution in [3.8, 4) is 11.5 Å². The number of ether oxygens (including phenoxy) is 1. The minimum absolute atomic E-state index is 0.0325. The van der Waals surface area contributed by atoms with Gasteiger partial charge in [0.15, 0.2) is 0 Å². The topological polar surface area (TPSA) is 65.4 Å². The molecule has 5 rings (SSSR count). The number of hydrogen-bond acceptors (Lipinski definition) is 5. The maximum Gasteiger partial charge on any atom is 0.219 e. The third-order valence-corrected chi connectivity index (χ3v) is 6.38. The van der Waals surface area contributed by atoms with Gasteiger partial charge in [0.25, 0.3) is 0 Å². The normalized spacial score (nSPS) is 22.0. The van der Waals surface area contributed by atoms with Crippen LogP contribution in [-0.2, 0) is 4.79 Å². The highest BCUT2D eigenvalue weighted by molar-refractivity contribution is 6.30. The average molecular weight is 412 g/mol. The highest BCUT2D eigenvalue weighted by Crippen LogP contribution is 2.50. The van der Waals surface area contributed by atoms with Crippen molar-refractivity contribution < 1.29 is 14.6 Å². The first-order chi connectivity index (χ1) is 13.9. The van der Waals surface area contributed by atoms with Crippen LogP contribution in [0.2, 0.25) is 5.02 Å². The van der Waals surface area contributed by atoms with Crippen molar-refractivity contribution in [3.63, 3.8) is 0 Å². The Bertz CT molecular complexity index is 997. The van der Waals surface area contributed by atoms with E-state index < -0.39 is 5.72 Å². The molecular formula is C22H22ClN3O3. The summed E-state index contributed by atoms with van der Waals surface area (Å²) < 4.78 is 6.54. The number of piperidine rings is 1. The van der Waals surface area contributed by atoms with E-state index in [1.807, 2.05) is 35.2 Å². The summed E-state index contributed by atoms with van der Waals surface area (Å²) in [4.78, 5) is 13.7. The summed E-state index contributed by atoms with van der Waals surface area (Å²) >= 11 is 6.29. The molecule has 2 aromatic rings. The van der Waals surface area contributed by atoms with Gasteiger partial charge in [-0.25, -0.2) is 5.01 Å². The fraction of sp³-hybridized carbons (Fsp3) is 0.364. The summed E-state index contributed by atoms with van der Waals surface area (Å²) in [6.07, 6.45) is 2.12. The maximum atomic E-state index is 11.8. The number of nitrogens with zero attached hydrogens (tertiary/aromatic N) is 3. The van der Waals surface area contributed by atoms with Gasteiger partial charge in [0.1, 0.15) is 11.5 Å². The third-order valence-electron chi connectivity index (χ3n) is 6.15. The molecule has 1 atom stereocenters. The van der Waals surface area contributed by atoms with Crippen molar-refractivity contribution in [2.45, 2.75) is 38.0 Å². The SMILES string of the molecule is CC(=O)N1CCC2(CC1)Oc1ccc(Cl)cc1[C@@H]1CC(c3ccc(O)cc3)=NN12. The number of halogens is 1. The second-order valence-electron chi connectivity index (χ2n) is 7.89. The van der Waals surface area contributed by atoms with Crippen LogP contribution >= 0.6 is 11.6 Å². The van der Waals surface area contributed by atoms with Crippen molar-refractivity contribution in [2.24, 2.45) is 5.10 Å². The van der Waals surface area contributed by atoms with Gasteiger partial charge in [-0.1, -0.05) is 11.6 Å². The third kappa shape index (κ3) is 3.02. The molecule has 150 valence electrons. The molecule has 1 spiro atoms. The summed E-state index contributed by atoms with van der Waals surface area (Å²) in [6.45, 7) is 2.90. The Labute approximate surface area is 174 Å². The molecule has 1 amide bonds. The van der Waals surface area contributed by atoms with Crippen molar-refractivity contribution >= 4 is 23.2 Å². The average Bonchev–Trinajstić information content (AvgIpc) is 3.16. The minimum Gasteiger partial charge on any atom is -0.508 e. The molecule has 0 aromatic heterocycles. The van der Waals surface area contributed by atoms with Crippen LogP contribution in [0.25, 0.3) is 0 Å². The summed E-state index contributed by atoms with van der Waals surface area (Å²) in [5, 5.41) is 17.4. The van der Waals surface area contributed by atoms with Crippen LogP contribution in [-0.4, -0.2) is 45.4 Å². The maximum absolute atomic E-state index is 11.8. The zero-order valence-electron chi connectivity index (χ0n) is 16.1. The second kappa shape index (κ2) is 6.66. The minimum atomic E-state index is -0.573. The van der Waals surface area contributed by atoms with E-state index in [-0.39, 0.29) is 17.7 Å². The molecule has 0 bridgehead atoms. The Morgan fingerprint density at radius 3 is 2.62 bits per heavy atom. The molecule has 3 heterocycles. The van der Waals surface area contributed by atoms with Crippen LogP contribution in [0.3, 0.4) is 0 Å². The highest BCUT2D eigenvalue weighted by atomic mass is 35.5. The Balaban J connectivity index is 1.55. The number of carbonyl (C=O) groups is 1. The number of likely N-dealkylation sites (tertiary alicyclic amines) is 1. The lowest BCUT2D eigenvalue weighted by Crippen LogP contribution is -2.59. The predicted octanol–water partition coefficient (Wildman–Crippen LogP) is 3.93. The summed E-state index contributed by atoms with van der Waals surface area (Å²) in [6, 6.07) is 12.9. The number of amides is 1. The standard InChI is InChI=1S/C22H22ClN3O3/c1-14(27)25-10-8-22(9-11-25)26-20(18-12-16(23)4-7-21(18)29-22)13-19(24-26)15-2-5-17(28)6-3-15/h2-7,12,20,28H,8-11,13H2,1H3/t20-/m0/s1. The number of carbonyl (C=O) groups excluding carboxylic acids is 1. The molecular weight excluding hydrogens is 390 g/mol. The van der Waals surface area contributed by atoms with Gasteiger partial charge in [0, 0.05) is 49.9 Å². The molecule has 1 fully saturated rings. The van der Waals surface area contributed by atoms with Crippen LogP contribution in [0.5, 0.6) is 11.5 Å². The van der Waals surface area contributed by atoms with Crippen LogP contribution < -0.4 is 4.74 Å². The largest absolute Gasteiger partial charge is 0.508 e. The number of fused-ring (bicyclic) bond motifs is 4. The second-order valence-corrected chi connectivity index (χ2v) is 8.33. The van der Waals surface area contributed by atoms with Gasteiger partial charge >= 0.3 is 0 Å². The fourth-order valence-corrected chi connectivity index (χ4v) is 4.76. The van der Waals surface area contributed by atoms with Crippen LogP contribution in [0.1, 0.15) is 43.4 Å². The number of hydrazone groups is 1. The molecule has 0 aliphatic carbocycles. The molecule has 29 heavy (non-hydrogen) atoms. The molecule has 1 N–H and O–H groups in total. The van der Waals surface area contributed by atoms with E-state index in [9.17, 15) is 9.90 Å². The Kier molecular flexibility index (Phi) is 4.21. The first kappa shape index (κ1) is 18.3. The van der Waals surface area contributed by atoms with Crippen LogP contribution in [0.15, 0.2) is 47.6 Å². The lowest BCUT2D eigenvalue weighted by atomic mass is 9.90. The number of rotatable bonds is 1. The molecule has 1 saturated heterocycles. The van der Waals surface area contributed by atoms with E-state index >= 15 is 0 Å². The van der Waals surface area contributed by atoms with E-state index in [0.717, 1.165) is 29.0 Å². The Morgan fingerprint density at radius 2 is 1.93 bits per heavy atom. The Morgan fingerprint density at radius 1 is 1.21 bits per heavy atom. The summed E-state index contributed by atoms with van der Waals surface area (Å²) in [5.74, 6) is 1.17. The lowest BCUT2D eigenvalue weighted by molar-refractivity contribution is -0.158. The molecule has 2 aromatic carbocycles. The molecule has 0 unspecified atom stereocenters. The van der Waals surface area contributed by atoms with Gasteiger partial charge in [-0.3, -0.25) is 4.79 Å². The molecule has 6 nitrogen and oxygen atoms in total. The quantitative estimate of drug-likeness (QED) is 0.772. The van der Waals surface area contributed by atoms with E-state index in [1.54, 1.807) is 19.1 Å². The summed E-state index contributed by atoms with van der Waals surface area (Å²) in [7, 11) is 0. The van der Waals surface area contributed by atoms with Crippen molar-refractivity contribution in [1.29, 1.82) is 0 Å². The zero-order chi connectivity index (χ0) is 20.2. The summed E-state index contributed by atoms with van der Waals surface area (Å²) in [5.41, 5.74) is 2.40. The van der Waals surface area contributed by atoms with Crippen molar-refractivity contribution in [1.82, 2.24) is 9.91 Å². The number of phenols is 1. The van der Waals surface area contributed by atoms with Gasteiger partial charge in [0.05, 0.1) is 11.8 Å². The van der Waals surface area contributed by atoms with E-state index in [2.05, 4.69) is 5.01 Å².